The summed E-state index contributed by atoms with van der Waals surface area (Å²) in [5.41, 5.74) is -1.01. The van der Waals surface area contributed by atoms with E-state index < -0.39 is 17.3 Å². The zero-order chi connectivity index (χ0) is 24.1. The lowest BCUT2D eigenvalue weighted by atomic mass is 10.1. The normalized spacial score (nSPS) is 17.2. The lowest BCUT2D eigenvalue weighted by molar-refractivity contribution is -0.137. The molecule has 1 aromatic carbocycles. The number of benzene rings is 1. The minimum absolute atomic E-state index is 0.0932. The number of ether oxygens (including phenoxy) is 1. The van der Waals surface area contributed by atoms with Gasteiger partial charge >= 0.3 is 12.2 Å². The molecule has 0 unspecified atom stereocenters. The summed E-state index contributed by atoms with van der Waals surface area (Å²) in [6.45, 7) is 3.13. The van der Waals surface area contributed by atoms with E-state index in [4.69, 9.17) is 10.00 Å². The Kier molecular flexibility index (Phi) is 7.02. The van der Waals surface area contributed by atoms with E-state index in [0.29, 0.717) is 37.7 Å². The lowest BCUT2D eigenvalue weighted by Gasteiger charge is -2.36. The largest absolute Gasteiger partial charge is 0.473 e. The first-order valence-corrected chi connectivity index (χ1v) is 11.0. The molecule has 34 heavy (non-hydrogen) atoms. The number of piperazine rings is 1. The first kappa shape index (κ1) is 23.6. The summed E-state index contributed by atoms with van der Waals surface area (Å²) in [6, 6.07) is 8.14. The molecule has 2 N–H and O–H groups in total. The van der Waals surface area contributed by atoms with Crippen LogP contribution in [0.25, 0.3) is 0 Å². The van der Waals surface area contributed by atoms with Crippen molar-refractivity contribution in [2.24, 2.45) is 0 Å². The Morgan fingerprint density at radius 3 is 2.47 bits per heavy atom. The Morgan fingerprint density at radius 1 is 1.12 bits per heavy atom. The molecule has 0 aliphatic carbocycles. The van der Waals surface area contributed by atoms with Crippen molar-refractivity contribution in [3.8, 4) is 11.9 Å². The van der Waals surface area contributed by atoms with Gasteiger partial charge < -0.3 is 19.9 Å². The Bertz CT molecular complexity index is 1040. The van der Waals surface area contributed by atoms with Gasteiger partial charge in [0.1, 0.15) is 6.10 Å². The number of amides is 2. The van der Waals surface area contributed by atoms with E-state index in [0.717, 1.165) is 32.0 Å². The van der Waals surface area contributed by atoms with Gasteiger partial charge in [0.2, 0.25) is 5.88 Å². The maximum absolute atomic E-state index is 13.2. The van der Waals surface area contributed by atoms with Gasteiger partial charge in [0.25, 0.3) is 0 Å². The first-order valence-electron chi connectivity index (χ1n) is 11.0. The topological polar surface area (TPSA) is 106 Å². The SMILES string of the molecule is N#Cc1ccc(N2CCN(C(=O)Nc3ccc(OC4CCNCC4)nn3)CC2)cc1C(F)(F)F. The van der Waals surface area contributed by atoms with Crippen molar-refractivity contribution in [1.82, 2.24) is 20.4 Å². The number of hydrogen-bond donors (Lipinski definition) is 2. The number of rotatable bonds is 4. The van der Waals surface area contributed by atoms with Gasteiger partial charge in [0.05, 0.1) is 17.2 Å². The number of urea groups is 1. The molecule has 2 aromatic rings. The van der Waals surface area contributed by atoms with Crippen molar-refractivity contribution in [1.29, 1.82) is 5.26 Å². The van der Waals surface area contributed by atoms with Crippen LogP contribution in [0.4, 0.5) is 29.5 Å². The smallest absolute Gasteiger partial charge is 0.417 e. The van der Waals surface area contributed by atoms with Gasteiger partial charge in [0.15, 0.2) is 5.82 Å². The van der Waals surface area contributed by atoms with Crippen LogP contribution in [0.5, 0.6) is 5.88 Å². The Hall–Kier alpha value is -3.59. The highest BCUT2D eigenvalue weighted by Crippen LogP contribution is 2.34. The third-order valence-electron chi connectivity index (χ3n) is 5.81. The number of halogens is 3. The standard InChI is InChI=1S/C22H24F3N7O2/c23-22(24,25)18-13-16(2-1-15(18)14-26)31-9-11-32(12-10-31)21(33)28-19-3-4-20(30-29-19)34-17-5-7-27-8-6-17/h1-4,13,17,27H,5-12H2,(H,28,29,33). The van der Waals surface area contributed by atoms with Crippen molar-refractivity contribution in [2.45, 2.75) is 25.1 Å². The fourth-order valence-corrected chi connectivity index (χ4v) is 3.95. The number of nitriles is 1. The number of aromatic nitrogens is 2. The van der Waals surface area contributed by atoms with E-state index in [1.165, 1.54) is 12.1 Å². The molecule has 2 saturated heterocycles. The van der Waals surface area contributed by atoms with Gasteiger partial charge in [-0.15, -0.1) is 10.2 Å². The summed E-state index contributed by atoms with van der Waals surface area (Å²) in [6.07, 6.45) is -2.73. The van der Waals surface area contributed by atoms with E-state index in [-0.39, 0.29) is 18.0 Å². The van der Waals surface area contributed by atoms with E-state index in [1.807, 2.05) is 0 Å². The van der Waals surface area contributed by atoms with E-state index in [2.05, 4.69) is 20.8 Å². The van der Waals surface area contributed by atoms with Crippen LogP contribution in [0.15, 0.2) is 30.3 Å². The molecular formula is C22H24F3N7O2. The van der Waals surface area contributed by atoms with Gasteiger partial charge in [-0.05, 0) is 50.2 Å². The molecule has 0 spiro atoms. The molecule has 0 saturated carbocycles. The summed E-state index contributed by atoms with van der Waals surface area (Å²) < 4.78 is 45.5. The highest BCUT2D eigenvalue weighted by molar-refractivity contribution is 5.88. The number of hydrogen-bond acceptors (Lipinski definition) is 7. The molecular weight excluding hydrogens is 451 g/mol. The molecule has 9 nitrogen and oxygen atoms in total. The number of alkyl halides is 3. The van der Waals surface area contributed by atoms with Gasteiger partial charge in [-0.1, -0.05) is 0 Å². The zero-order valence-electron chi connectivity index (χ0n) is 18.3. The van der Waals surface area contributed by atoms with Gasteiger partial charge in [-0.3, -0.25) is 5.32 Å². The maximum Gasteiger partial charge on any atom is 0.417 e. The van der Waals surface area contributed by atoms with E-state index in [9.17, 15) is 18.0 Å². The second-order valence-corrected chi connectivity index (χ2v) is 8.07. The molecule has 3 heterocycles. The molecule has 180 valence electrons. The second-order valence-electron chi connectivity index (χ2n) is 8.07. The van der Waals surface area contributed by atoms with Gasteiger partial charge in [-0.2, -0.15) is 18.4 Å². The predicted molar refractivity (Wildman–Crippen MR) is 118 cm³/mol. The summed E-state index contributed by atoms with van der Waals surface area (Å²) in [5.74, 6) is 0.686. The maximum atomic E-state index is 13.2. The fraction of sp³-hybridized carbons (Fsp3) is 0.455. The van der Waals surface area contributed by atoms with Crippen LogP contribution in [0.2, 0.25) is 0 Å². The van der Waals surface area contributed by atoms with Crippen LogP contribution in [-0.2, 0) is 6.18 Å². The lowest BCUT2D eigenvalue weighted by Crippen LogP contribution is -2.50. The summed E-state index contributed by atoms with van der Waals surface area (Å²) in [5, 5.41) is 22.9. The van der Waals surface area contributed by atoms with Crippen LogP contribution >= 0.6 is 0 Å². The Morgan fingerprint density at radius 2 is 1.85 bits per heavy atom. The number of nitrogens with one attached hydrogen (secondary N) is 2. The molecule has 12 heteroatoms. The molecule has 2 fully saturated rings. The average Bonchev–Trinajstić information content (AvgIpc) is 2.85. The van der Waals surface area contributed by atoms with Crippen molar-refractivity contribution in [2.75, 3.05) is 49.5 Å². The van der Waals surface area contributed by atoms with Crippen molar-refractivity contribution in [3.05, 3.63) is 41.5 Å². The minimum Gasteiger partial charge on any atom is -0.473 e. The molecule has 0 bridgehead atoms. The van der Waals surface area contributed by atoms with Crippen LogP contribution in [0, 0.1) is 11.3 Å². The van der Waals surface area contributed by atoms with Crippen LogP contribution in [-0.4, -0.2) is 66.5 Å². The van der Waals surface area contributed by atoms with Crippen molar-refractivity contribution >= 4 is 17.5 Å². The van der Waals surface area contributed by atoms with Crippen LogP contribution in [0.1, 0.15) is 24.0 Å². The summed E-state index contributed by atoms with van der Waals surface area (Å²) in [7, 11) is 0. The Labute approximate surface area is 194 Å². The highest BCUT2D eigenvalue weighted by atomic mass is 19.4. The second kappa shape index (κ2) is 10.1. The third kappa shape index (κ3) is 5.66. The van der Waals surface area contributed by atoms with E-state index in [1.54, 1.807) is 28.0 Å². The van der Waals surface area contributed by atoms with Crippen LogP contribution in [0.3, 0.4) is 0 Å². The quantitative estimate of drug-likeness (QED) is 0.700. The molecule has 2 amide bonds. The van der Waals surface area contributed by atoms with Gasteiger partial charge in [0, 0.05) is 37.9 Å². The van der Waals surface area contributed by atoms with Crippen LogP contribution < -0.4 is 20.3 Å². The molecule has 2 aliphatic heterocycles. The summed E-state index contributed by atoms with van der Waals surface area (Å²) >= 11 is 0. The predicted octanol–water partition coefficient (Wildman–Crippen LogP) is 2.85. The monoisotopic (exact) mass is 475 g/mol. The number of carbonyl (C=O) groups is 1. The zero-order valence-corrected chi connectivity index (χ0v) is 18.3. The van der Waals surface area contributed by atoms with Crippen molar-refractivity contribution in [3.63, 3.8) is 0 Å². The molecule has 2 aliphatic rings. The third-order valence-corrected chi connectivity index (χ3v) is 5.81. The fourth-order valence-electron chi connectivity index (χ4n) is 3.95. The first-order chi connectivity index (χ1) is 16.3. The van der Waals surface area contributed by atoms with Gasteiger partial charge in [-0.25, -0.2) is 4.79 Å². The number of piperidine rings is 1. The minimum atomic E-state index is -4.61. The highest BCUT2D eigenvalue weighted by Gasteiger charge is 2.34. The van der Waals surface area contributed by atoms with Crippen molar-refractivity contribution < 1.29 is 22.7 Å². The molecule has 1 aromatic heterocycles. The molecule has 0 atom stereocenters. The molecule has 0 radical (unpaired) electrons. The number of carbonyl (C=O) groups excluding carboxylic acids is 1. The summed E-state index contributed by atoms with van der Waals surface area (Å²) in [4.78, 5) is 15.9. The molecule has 4 rings (SSSR count). The Balaban J connectivity index is 1.30. The van der Waals surface area contributed by atoms with E-state index >= 15 is 0 Å². The number of anilines is 2. The average molecular weight is 475 g/mol. The number of nitrogens with zero attached hydrogens (tertiary/aromatic N) is 5.